The Kier molecular flexibility index (Phi) is 3.93. The van der Waals surface area contributed by atoms with Crippen LogP contribution >= 0.6 is 11.6 Å². The molecule has 122 valence electrons. The predicted molar refractivity (Wildman–Crippen MR) is 96.1 cm³/mol. The zero-order valence-corrected chi connectivity index (χ0v) is 14.3. The molecule has 5 heteroatoms. The molecule has 0 fully saturated rings. The minimum absolute atomic E-state index is 0.221. The van der Waals surface area contributed by atoms with Crippen molar-refractivity contribution in [3.63, 3.8) is 0 Å². The van der Waals surface area contributed by atoms with Crippen molar-refractivity contribution in [3.05, 3.63) is 68.5 Å². The molecule has 0 saturated heterocycles. The Morgan fingerprint density at radius 2 is 1.79 bits per heavy atom. The number of pyridine rings is 1. The quantitative estimate of drug-likeness (QED) is 0.760. The second-order valence-corrected chi connectivity index (χ2v) is 6.26. The molecule has 0 aliphatic carbocycles. The van der Waals surface area contributed by atoms with Gasteiger partial charge in [-0.15, -0.1) is 0 Å². The standard InChI is InChI=1S/C19H16ClNO3/c1-10-6-4-5-7-12(10)16-13-8-11(2)14(20)9-15(13)21(3)18(22)17(16)19(23)24/h4-9H,1-3H3,(H,23,24). The first kappa shape index (κ1) is 16.3. The molecule has 0 aliphatic rings. The van der Waals surface area contributed by atoms with Crippen molar-refractivity contribution in [2.75, 3.05) is 0 Å². The minimum atomic E-state index is -1.23. The number of aromatic carboxylic acids is 1. The van der Waals surface area contributed by atoms with E-state index in [9.17, 15) is 14.7 Å². The molecule has 4 nitrogen and oxygen atoms in total. The van der Waals surface area contributed by atoms with Crippen LogP contribution in [-0.4, -0.2) is 15.6 Å². The first-order valence-electron chi connectivity index (χ1n) is 7.45. The monoisotopic (exact) mass is 341 g/mol. The van der Waals surface area contributed by atoms with Gasteiger partial charge in [-0.25, -0.2) is 4.79 Å². The molecule has 1 aromatic heterocycles. The number of halogens is 1. The van der Waals surface area contributed by atoms with Crippen molar-refractivity contribution in [2.45, 2.75) is 13.8 Å². The highest BCUT2D eigenvalue weighted by molar-refractivity contribution is 6.32. The summed E-state index contributed by atoms with van der Waals surface area (Å²) in [6.07, 6.45) is 0. The van der Waals surface area contributed by atoms with Crippen LogP contribution in [0.3, 0.4) is 0 Å². The van der Waals surface area contributed by atoms with Crippen LogP contribution in [0.2, 0.25) is 5.02 Å². The van der Waals surface area contributed by atoms with Gasteiger partial charge in [0.2, 0.25) is 0 Å². The van der Waals surface area contributed by atoms with Crippen molar-refractivity contribution in [1.29, 1.82) is 0 Å². The van der Waals surface area contributed by atoms with E-state index in [0.717, 1.165) is 16.7 Å². The van der Waals surface area contributed by atoms with Gasteiger partial charge in [-0.2, -0.15) is 0 Å². The van der Waals surface area contributed by atoms with Gasteiger partial charge in [0.15, 0.2) is 0 Å². The summed E-state index contributed by atoms with van der Waals surface area (Å²) in [5, 5.41) is 10.9. The summed E-state index contributed by atoms with van der Waals surface area (Å²) in [6.45, 7) is 3.75. The number of hydrogen-bond donors (Lipinski definition) is 1. The average Bonchev–Trinajstić information content (AvgIpc) is 2.53. The normalized spacial score (nSPS) is 11.0. The molecule has 3 aromatic rings. The van der Waals surface area contributed by atoms with Gasteiger partial charge in [-0.3, -0.25) is 4.79 Å². The molecule has 0 atom stereocenters. The Labute approximate surface area is 143 Å². The van der Waals surface area contributed by atoms with E-state index in [1.165, 1.54) is 4.57 Å². The highest BCUT2D eigenvalue weighted by Crippen LogP contribution is 2.34. The largest absolute Gasteiger partial charge is 0.477 e. The van der Waals surface area contributed by atoms with Crippen molar-refractivity contribution >= 4 is 28.5 Å². The van der Waals surface area contributed by atoms with Gasteiger partial charge in [0.05, 0.1) is 5.52 Å². The summed E-state index contributed by atoms with van der Waals surface area (Å²) in [7, 11) is 1.56. The molecule has 0 bridgehead atoms. The van der Waals surface area contributed by atoms with E-state index in [1.54, 1.807) is 13.1 Å². The zero-order chi connectivity index (χ0) is 17.6. The number of fused-ring (bicyclic) bond motifs is 1. The summed E-state index contributed by atoms with van der Waals surface area (Å²) in [4.78, 5) is 24.5. The summed E-state index contributed by atoms with van der Waals surface area (Å²) >= 11 is 6.21. The third kappa shape index (κ3) is 2.39. The molecule has 0 aliphatic heterocycles. The molecule has 1 N–H and O–H groups in total. The lowest BCUT2D eigenvalue weighted by molar-refractivity contribution is 0.0695. The number of rotatable bonds is 2. The van der Waals surface area contributed by atoms with Crippen molar-refractivity contribution < 1.29 is 9.90 Å². The zero-order valence-electron chi connectivity index (χ0n) is 13.6. The predicted octanol–water partition coefficient (Wildman–Crippen LogP) is 4.17. The van der Waals surface area contributed by atoms with Gasteiger partial charge in [-0.1, -0.05) is 35.9 Å². The van der Waals surface area contributed by atoms with Crippen molar-refractivity contribution in [3.8, 4) is 11.1 Å². The van der Waals surface area contributed by atoms with Gasteiger partial charge in [0.25, 0.3) is 5.56 Å². The summed E-state index contributed by atoms with van der Waals surface area (Å²) in [6, 6.07) is 11.0. The molecular weight excluding hydrogens is 326 g/mol. The molecule has 0 saturated carbocycles. The summed E-state index contributed by atoms with van der Waals surface area (Å²) < 4.78 is 1.34. The number of aryl methyl sites for hydroxylation is 3. The molecule has 1 heterocycles. The van der Waals surface area contributed by atoms with E-state index >= 15 is 0 Å². The first-order chi connectivity index (χ1) is 11.3. The Morgan fingerprint density at radius 3 is 2.42 bits per heavy atom. The number of carboxylic acids is 1. The molecule has 2 aromatic carbocycles. The fourth-order valence-corrected chi connectivity index (χ4v) is 3.16. The number of benzene rings is 2. The third-order valence-electron chi connectivity index (χ3n) is 4.30. The molecule has 0 unspecified atom stereocenters. The highest BCUT2D eigenvalue weighted by atomic mass is 35.5. The SMILES string of the molecule is Cc1cc2c(-c3ccccc3C)c(C(=O)O)c(=O)n(C)c2cc1Cl. The van der Waals surface area contributed by atoms with Crippen LogP contribution in [0.4, 0.5) is 0 Å². The summed E-state index contributed by atoms with van der Waals surface area (Å²) in [5.74, 6) is -1.23. The molecular formula is C19H16ClNO3. The Bertz CT molecular complexity index is 1050. The fraction of sp³-hybridized carbons (Fsp3) is 0.158. The van der Waals surface area contributed by atoms with Gasteiger partial charge in [0.1, 0.15) is 5.56 Å². The lowest BCUT2D eigenvalue weighted by Crippen LogP contribution is -2.26. The lowest BCUT2D eigenvalue weighted by Gasteiger charge is -2.16. The van der Waals surface area contributed by atoms with Crippen LogP contribution in [0.15, 0.2) is 41.2 Å². The van der Waals surface area contributed by atoms with Crippen LogP contribution in [0.25, 0.3) is 22.0 Å². The smallest absolute Gasteiger partial charge is 0.342 e. The van der Waals surface area contributed by atoms with Crippen LogP contribution in [0.5, 0.6) is 0 Å². The molecule has 3 rings (SSSR count). The maximum absolute atomic E-state index is 12.7. The maximum atomic E-state index is 12.7. The minimum Gasteiger partial charge on any atom is -0.477 e. The number of aromatic nitrogens is 1. The second-order valence-electron chi connectivity index (χ2n) is 5.85. The number of hydrogen-bond acceptors (Lipinski definition) is 2. The van der Waals surface area contributed by atoms with Gasteiger partial charge < -0.3 is 9.67 Å². The first-order valence-corrected chi connectivity index (χ1v) is 7.83. The van der Waals surface area contributed by atoms with E-state index in [4.69, 9.17) is 11.6 Å². The lowest BCUT2D eigenvalue weighted by atomic mass is 9.92. The topological polar surface area (TPSA) is 59.3 Å². The van der Waals surface area contributed by atoms with E-state index in [0.29, 0.717) is 21.5 Å². The van der Waals surface area contributed by atoms with Crippen LogP contribution < -0.4 is 5.56 Å². The fourth-order valence-electron chi connectivity index (χ4n) is 3.00. The van der Waals surface area contributed by atoms with E-state index in [1.807, 2.05) is 44.2 Å². The third-order valence-corrected chi connectivity index (χ3v) is 4.71. The van der Waals surface area contributed by atoms with Crippen LogP contribution in [0, 0.1) is 13.8 Å². The maximum Gasteiger partial charge on any atom is 0.342 e. The number of carboxylic acid groups (broad SMARTS) is 1. The molecule has 0 amide bonds. The second kappa shape index (κ2) is 5.80. The van der Waals surface area contributed by atoms with Crippen LogP contribution in [-0.2, 0) is 7.05 Å². The van der Waals surface area contributed by atoms with Gasteiger partial charge >= 0.3 is 5.97 Å². The van der Waals surface area contributed by atoms with E-state index in [-0.39, 0.29) is 5.56 Å². The molecule has 24 heavy (non-hydrogen) atoms. The number of nitrogens with zero attached hydrogens (tertiary/aromatic N) is 1. The van der Waals surface area contributed by atoms with E-state index < -0.39 is 11.5 Å². The highest BCUT2D eigenvalue weighted by Gasteiger charge is 2.23. The van der Waals surface area contributed by atoms with E-state index in [2.05, 4.69) is 0 Å². The average molecular weight is 342 g/mol. The van der Waals surface area contributed by atoms with Crippen molar-refractivity contribution in [1.82, 2.24) is 4.57 Å². The summed E-state index contributed by atoms with van der Waals surface area (Å²) in [5.41, 5.74) is 2.75. The van der Waals surface area contributed by atoms with Crippen molar-refractivity contribution in [2.24, 2.45) is 7.05 Å². The molecule has 0 spiro atoms. The van der Waals surface area contributed by atoms with Gasteiger partial charge in [-0.05, 0) is 42.7 Å². The number of carbonyl (C=O) groups is 1. The Morgan fingerprint density at radius 1 is 1.12 bits per heavy atom. The van der Waals surface area contributed by atoms with Gasteiger partial charge in [0, 0.05) is 23.0 Å². The molecule has 0 radical (unpaired) electrons. The Hall–Kier alpha value is -2.59. The Balaban J connectivity index is 2.64. The van der Waals surface area contributed by atoms with Crippen LogP contribution in [0.1, 0.15) is 21.5 Å².